The number of aromatic nitrogens is 2. The van der Waals surface area contributed by atoms with Crippen molar-refractivity contribution in [2.24, 2.45) is 0 Å². The number of nitrogens with one attached hydrogen (secondary N) is 1. The fraction of sp³-hybridized carbons (Fsp3) is 0.786. The van der Waals surface area contributed by atoms with E-state index in [4.69, 9.17) is 0 Å². The minimum atomic E-state index is 0.628. The van der Waals surface area contributed by atoms with Gasteiger partial charge in [-0.15, -0.1) is 0 Å². The van der Waals surface area contributed by atoms with Gasteiger partial charge in [0.15, 0.2) is 0 Å². The van der Waals surface area contributed by atoms with Gasteiger partial charge in [0.05, 0.1) is 6.33 Å². The van der Waals surface area contributed by atoms with Gasteiger partial charge >= 0.3 is 0 Å². The lowest BCUT2D eigenvalue weighted by molar-refractivity contribution is 0.207. The third-order valence-corrected chi connectivity index (χ3v) is 4.40. The third kappa shape index (κ3) is 2.45. The molecule has 2 fully saturated rings. The zero-order chi connectivity index (χ0) is 12.4. The summed E-state index contributed by atoms with van der Waals surface area (Å²) in [4.78, 5) is 6.86. The second-order valence-corrected chi connectivity index (χ2v) is 5.83. The van der Waals surface area contributed by atoms with E-state index >= 15 is 0 Å². The SMILES string of the molecule is CN1CCCC(n2cncc2C2CCCNC2)C1. The number of piperidine rings is 2. The molecule has 18 heavy (non-hydrogen) atoms. The first-order valence-corrected chi connectivity index (χ1v) is 7.25. The van der Waals surface area contributed by atoms with Gasteiger partial charge in [-0.25, -0.2) is 4.98 Å². The normalized spacial score (nSPS) is 30.5. The summed E-state index contributed by atoms with van der Waals surface area (Å²) in [6, 6.07) is 0.628. The summed E-state index contributed by atoms with van der Waals surface area (Å²) >= 11 is 0. The molecule has 2 saturated heterocycles. The maximum Gasteiger partial charge on any atom is 0.0951 e. The highest BCUT2D eigenvalue weighted by Gasteiger charge is 2.24. The number of nitrogens with zero attached hydrogens (tertiary/aromatic N) is 3. The van der Waals surface area contributed by atoms with Crippen molar-refractivity contribution in [3.63, 3.8) is 0 Å². The number of likely N-dealkylation sites (N-methyl/N-ethyl adjacent to an activating group) is 1. The van der Waals surface area contributed by atoms with E-state index in [0.29, 0.717) is 12.0 Å². The first kappa shape index (κ1) is 12.2. The molecule has 2 aliphatic heterocycles. The van der Waals surface area contributed by atoms with Crippen LogP contribution in [-0.4, -0.2) is 47.7 Å². The van der Waals surface area contributed by atoms with Gasteiger partial charge in [0, 0.05) is 36.9 Å². The number of imidazole rings is 1. The monoisotopic (exact) mass is 248 g/mol. The standard InChI is InChI=1S/C14H24N4/c1-17-7-3-5-13(10-17)18-11-16-9-14(18)12-4-2-6-15-8-12/h9,11-13,15H,2-8,10H2,1H3. The van der Waals surface area contributed by atoms with Gasteiger partial charge in [-0.05, 0) is 45.8 Å². The third-order valence-electron chi connectivity index (χ3n) is 4.40. The quantitative estimate of drug-likeness (QED) is 0.863. The van der Waals surface area contributed by atoms with E-state index in [1.54, 1.807) is 0 Å². The van der Waals surface area contributed by atoms with Crippen LogP contribution in [0.2, 0.25) is 0 Å². The molecule has 0 saturated carbocycles. The molecule has 2 atom stereocenters. The molecule has 0 bridgehead atoms. The van der Waals surface area contributed by atoms with E-state index < -0.39 is 0 Å². The van der Waals surface area contributed by atoms with Crippen LogP contribution in [0.5, 0.6) is 0 Å². The number of hydrogen-bond acceptors (Lipinski definition) is 3. The molecular weight excluding hydrogens is 224 g/mol. The fourth-order valence-electron chi connectivity index (χ4n) is 3.41. The van der Waals surface area contributed by atoms with Crippen LogP contribution in [0.15, 0.2) is 12.5 Å². The van der Waals surface area contributed by atoms with Crippen LogP contribution in [0.1, 0.15) is 43.3 Å². The van der Waals surface area contributed by atoms with Crippen LogP contribution < -0.4 is 5.32 Å². The van der Waals surface area contributed by atoms with E-state index in [9.17, 15) is 0 Å². The Hall–Kier alpha value is -0.870. The molecule has 1 N–H and O–H groups in total. The Labute approximate surface area is 109 Å². The smallest absolute Gasteiger partial charge is 0.0951 e. The van der Waals surface area contributed by atoms with Crippen molar-refractivity contribution in [3.05, 3.63) is 18.2 Å². The predicted octanol–water partition coefficient (Wildman–Crippen LogP) is 1.62. The molecule has 4 heteroatoms. The molecule has 0 spiro atoms. The van der Waals surface area contributed by atoms with Crippen molar-refractivity contribution < 1.29 is 0 Å². The molecule has 0 amide bonds. The average Bonchev–Trinajstić information content (AvgIpc) is 2.89. The van der Waals surface area contributed by atoms with E-state index in [-0.39, 0.29) is 0 Å². The van der Waals surface area contributed by atoms with Crippen molar-refractivity contribution in [2.75, 3.05) is 33.2 Å². The number of rotatable bonds is 2. The van der Waals surface area contributed by atoms with Crippen LogP contribution >= 0.6 is 0 Å². The van der Waals surface area contributed by atoms with Crippen LogP contribution in [0, 0.1) is 0 Å². The molecule has 3 rings (SSSR count). The van der Waals surface area contributed by atoms with E-state index in [1.807, 2.05) is 6.33 Å². The fourth-order valence-corrected chi connectivity index (χ4v) is 3.41. The van der Waals surface area contributed by atoms with E-state index in [2.05, 4.69) is 33.0 Å². The van der Waals surface area contributed by atoms with Gasteiger partial charge in [0.1, 0.15) is 0 Å². The first-order valence-electron chi connectivity index (χ1n) is 7.25. The van der Waals surface area contributed by atoms with Crippen LogP contribution in [0.4, 0.5) is 0 Å². The van der Waals surface area contributed by atoms with Crippen molar-refractivity contribution in [1.82, 2.24) is 19.8 Å². The summed E-state index contributed by atoms with van der Waals surface area (Å²) in [6.45, 7) is 4.71. The molecule has 100 valence electrons. The maximum absolute atomic E-state index is 4.41. The molecule has 0 aliphatic carbocycles. The summed E-state index contributed by atoms with van der Waals surface area (Å²) in [7, 11) is 2.23. The lowest BCUT2D eigenvalue weighted by Crippen LogP contribution is -2.35. The molecule has 0 aromatic carbocycles. The minimum Gasteiger partial charge on any atom is -0.330 e. The van der Waals surface area contributed by atoms with Gasteiger partial charge in [0.2, 0.25) is 0 Å². The summed E-state index contributed by atoms with van der Waals surface area (Å²) in [5.74, 6) is 0.661. The van der Waals surface area contributed by atoms with Crippen LogP contribution in [-0.2, 0) is 0 Å². The number of likely N-dealkylation sites (tertiary alicyclic amines) is 1. The topological polar surface area (TPSA) is 33.1 Å². The Morgan fingerprint density at radius 1 is 1.33 bits per heavy atom. The first-order chi connectivity index (χ1) is 8.84. The molecule has 2 aliphatic rings. The molecule has 1 aromatic heterocycles. The molecule has 3 heterocycles. The maximum atomic E-state index is 4.41. The zero-order valence-electron chi connectivity index (χ0n) is 11.3. The Balaban J connectivity index is 1.77. The Bertz CT molecular complexity index is 381. The van der Waals surface area contributed by atoms with Gasteiger partial charge in [-0.1, -0.05) is 0 Å². The lowest BCUT2D eigenvalue weighted by atomic mass is 9.95. The van der Waals surface area contributed by atoms with Crippen molar-refractivity contribution in [2.45, 2.75) is 37.6 Å². The van der Waals surface area contributed by atoms with Crippen molar-refractivity contribution in [3.8, 4) is 0 Å². The molecule has 2 unspecified atom stereocenters. The van der Waals surface area contributed by atoms with Gasteiger partial charge in [-0.2, -0.15) is 0 Å². The Kier molecular flexibility index (Phi) is 3.66. The lowest BCUT2D eigenvalue weighted by Gasteiger charge is -2.33. The molecule has 0 radical (unpaired) electrons. The zero-order valence-corrected chi connectivity index (χ0v) is 11.3. The van der Waals surface area contributed by atoms with Crippen LogP contribution in [0.3, 0.4) is 0 Å². The summed E-state index contributed by atoms with van der Waals surface area (Å²) < 4.78 is 2.45. The van der Waals surface area contributed by atoms with Crippen LogP contribution in [0.25, 0.3) is 0 Å². The predicted molar refractivity (Wildman–Crippen MR) is 72.8 cm³/mol. The molecular formula is C14H24N4. The highest BCUT2D eigenvalue weighted by atomic mass is 15.2. The van der Waals surface area contributed by atoms with Gasteiger partial charge in [0.25, 0.3) is 0 Å². The van der Waals surface area contributed by atoms with Crippen molar-refractivity contribution in [1.29, 1.82) is 0 Å². The second-order valence-electron chi connectivity index (χ2n) is 5.83. The highest BCUT2D eigenvalue weighted by molar-refractivity contribution is 5.10. The Morgan fingerprint density at radius 3 is 3.06 bits per heavy atom. The summed E-state index contributed by atoms with van der Waals surface area (Å²) in [5, 5.41) is 3.51. The highest BCUT2D eigenvalue weighted by Crippen LogP contribution is 2.28. The molecule has 4 nitrogen and oxygen atoms in total. The largest absolute Gasteiger partial charge is 0.330 e. The Morgan fingerprint density at radius 2 is 2.28 bits per heavy atom. The second kappa shape index (κ2) is 5.41. The van der Waals surface area contributed by atoms with E-state index in [1.165, 1.54) is 51.0 Å². The summed E-state index contributed by atoms with van der Waals surface area (Å²) in [6.07, 6.45) is 9.34. The summed E-state index contributed by atoms with van der Waals surface area (Å²) in [5.41, 5.74) is 1.45. The van der Waals surface area contributed by atoms with Gasteiger partial charge in [-0.3, -0.25) is 0 Å². The minimum absolute atomic E-state index is 0.628. The molecule has 1 aromatic rings. The average molecular weight is 248 g/mol. The number of hydrogen-bond donors (Lipinski definition) is 1. The van der Waals surface area contributed by atoms with Crippen molar-refractivity contribution >= 4 is 0 Å². The van der Waals surface area contributed by atoms with Gasteiger partial charge < -0.3 is 14.8 Å². The van der Waals surface area contributed by atoms with E-state index in [0.717, 1.165) is 6.54 Å².